The van der Waals surface area contributed by atoms with Gasteiger partial charge < -0.3 is 15.0 Å². The molecule has 8 heteroatoms. The molecule has 1 N–H and O–H groups in total. The van der Waals surface area contributed by atoms with Crippen LogP contribution in [0, 0.1) is 23.0 Å². The second-order valence-electron chi connectivity index (χ2n) is 6.06. The average Bonchev–Trinajstić information content (AvgIpc) is 2.69. The standard InChI is InChI=1S/C19H16ClF2N3O2/c20-15-8-13(2-4-17(15)22)18-11-25(5-6-27-18)19(26)24-10-14-7-12(9-23)1-3-16(14)21/h1-4,7-8,18H,5-6,10-11H2,(H,24,26)/t18-/m0/s1. The molecule has 1 aliphatic heterocycles. The number of nitrogens with one attached hydrogen (secondary N) is 1. The molecule has 0 aromatic heterocycles. The van der Waals surface area contributed by atoms with Gasteiger partial charge in [-0.05, 0) is 35.9 Å². The Morgan fingerprint density at radius 1 is 1.30 bits per heavy atom. The molecule has 5 nitrogen and oxygen atoms in total. The Kier molecular flexibility index (Phi) is 5.89. The van der Waals surface area contributed by atoms with E-state index in [9.17, 15) is 13.6 Å². The lowest BCUT2D eigenvalue weighted by atomic mass is 10.1. The highest BCUT2D eigenvalue weighted by Gasteiger charge is 2.26. The zero-order valence-electron chi connectivity index (χ0n) is 14.2. The molecule has 0 bridgehead atoms. The van der Waals surface area contributed by atoms with E-state index in [2.05, 4.69) is 5.32 Å². The van der Waals surface area contributed by atoms with E-state index < -0.39 is 17.7 Å². The summed E-state index contributed by atoms with van der Waals surface area (Å²) in [6.07, 6.45) is -0.429. The lowest BCUT2D eigenvalue weighted by Gasteiger charge is -2.33. The number of carbonyl (C=O) groups is 1. The van der Waals surface area contributed by atoms with Crippen LogP contribution in [0.1, 0.15) is 22.8 Å². The van der Waals surface area contributed by atoms with Crippen molar-refractivity contribution in [2.75, 3.05) is 19.7 Å². The molecule has 1 saturated heterocycles. The van der Waals surface area contributed by atoms with Crippen molar-refractivity contribution in [2.45, 2.75) is 12.6 Å². The maximum atomic E-state index is 13.8. The summed E-state index contributed by atoms with van der Waals surface area (Å²) in [7, 11) is 0. The molecule has 1 aliphatic rings. The van der Waals surface area contributed by atoms with Crippen LogP contribution in [-0.2, 0) is 11.3 Å². The summed E-state index contributed by atoms with van der Waals surface area (Å²) in [5.74, 6) is -1.01. The molecule has 0 saturated carbocycles. The SMILES string of the molecule is N#Cc1ccc(F)c(CNC(=O)N2CCO[C@H](c3ccc(F)c(Cl)c3)C2)c1. The Hall–Kier alpha value is -2.69. The molecule has 140 valence electrons. The van der Waals surface area contributed by atoms with E-state index in [0.717, 1.165) is 0 Å². The van der Waals surface area contributed by atoms with E-state index in [-0.39, 0.29) is 29.7 Å². The smallest absolute Gasteiger partial charge is 0.317 e. The Morgan fingerprint density at radius 2 is 2.07 bits per heavy atom. The van der Waals surface area contributed by atoms with Crippen molar-refractivity contribution in [2.24, 2.45) is 0 Å². The molecule has 27 heavy (non-hydrogen) atoms. The third-order valence-electron chi connectivity index (χ3n) is 4.27. The molecule has 1 atom stereocenters. The van der Waals surface area contributed by atoms with Gasteiger partial charge in [0.2, 0.25) is 0 Å². The van der Waals surface area contributed by atoms with Crippen molar-refractivity contribution in [1.82, 2.24) is 10.2 Å². The number of carbonyl (C=O) groups excluding carboxylic acids is 1. The molecular weight excluding hydrogens is 376 g/mol. The number of urea groups is 1. The Morgan fingerprint density at radius 3 is 2.81 bits per heavy atom. The lowest BCUT2D eigenvalue weighted by molar-refractivity contribution is -0.0155. The van der Waals surface area contributed by atoms with Crippen LogP contribution < -0.4 is 5.32 Å². The minimum atomic E-state index is -0.521. The predicted molar refractivity (Wildman–Crippen MR) is 95.0 cm³/mol. The fourth-order valence-electron chi connectivity index (χ4n) is 2.81. The highest BCUT2D eigenvalue weighted by atomic mass is 35.5. The van der Waals surface area contributed by atoms with Crippen LogP contribution in [0.3, 0.4) is 0 Å². The molecule has 0 radical (unpaired) electrons. The van der Waals surface area contributed by atoms with E-state index in [1.807, 2.05) is 6.07 Å². The van der Waals surface area contributed by atoms with Gasteiger partial charge in [0.1, 0.15) is 17.7 Å². The minimum absolute atomic E-state index is 0.00877. The van der Waals surface area contributed by atoms with Crippen molar-refractivity contribution in [3.8, 4) is 6.07 Å². The Labute approximate surface area is 160 Å². The number of nitriles is 1. The number of hydrogen-bond acceptors (Lipinski definition) is 3. The Balaban J connectivity index is 1.63. The van der Waals surface area contributed by atoms with E-state index >= 15 is 0 Å². The van der Waals surface area contributed by atoms with Gasteiger partial charge in [-0.2, -0.15) is 5.26 Å². The van der Waals surface area contributed by atoms with Gasteiger partial charge in [-0.15, -0.1) is 0 Å². The molecule has 3 rings (SSSR count). The maximum absolute atomic E-state index is 13.8. The molecule has 2 aromatic rings. The van der Waals surface area contributed by atoms with Crippen molar-refractivity contribution in [1.29, 1.82) is 5.26 Å². The maximum Gasteiger partial charge on any atom is 0.317 e. The number of amides is 2. The fraction of sp³-hybridized carbons (Fsp3) is 0.263. The third kappa shape index (κ3) is 4.54. The zero-order chi connectivity index (χ0) is 19.4. The molecule has 1 heterocycles. The van der Waals surface area contributed by atoms with Gasteiger partial charge >= 0.3 is 6.03 Å². The number of nitrogens with zero attached hydrogens (tertiary/aromatic N) is 2. The second kappa shape index (κ2) is 8.33. The highest BCUT2D eigenvalue weighted by Crippen LogP contribution is 2.26. The van der Waals surface area contributed by atoms with Gasteiger partial charge in [0.15, 0.2) is 0 Å². The van der Waals surface area contributed by atoms with Gasteiger partial charge in [-0.25, -0.2) is 13.6 Å². The molecule has 1 fully saturated rings. The third-order valence-corrected chi connectivity index (χ3v) is 4.56. The second-order valence-corrected chi connectivity index (χ2v) is 6.46. The number of rotatable bonds is 3. The van der Waals surface area contributed by atoms with Crippen molar-refractivity contribution >= 4 is 17.6 Å². The first-order valence-corrected chi connectivity index (χ1v) is 8.63. The van der Waals surface area contributed by atoms with Crippen molar-refractivity contribution < 1.29 is 18.3 Å². The lowest BCUT2D eigenvalue weighted by Crippen LogP contribution is -2.47. The van der Waals surface area contributed by atoms with Crippen LogP contribution in [0.4, 0.5) is 13.6 Å². The number of morpholine rings is 1. The van der Waals surface area contributed by atoms with Crippen molar-refractivity contribution in [3.63, 3.8) is 0 Å². The van der Waals surface area contributed by atoms with Crippen LogP contribution in [0.15, 0.2) is 36.4 Å². The van der Waals surface area contributed by atoms with Gasteiger partial charge in [0.05, 0.1) is 29.8 Å². The molecule has 0 spiro atoms. The summed E-state index contributed by atoms with van der Waals surface area (Å²) in [5.41, 5.74) is 1.23. The van der Waals surface area contributed by atoms with Gasteiger partial charge in [-0.1, -0.05) is 17.7 Å². The number of benzene rings is 2. The number of ether oxygens (including phenoxy) is 1. The van der Waals surface area contributed by atoms with Crippen LogP contribution in [0.2, 0.25) is 5.02 Å². The van der Waals surface area contributed by atoms with E-state index in [1.54, 1.807) is 6.07 Å². The molecule has 2 amide bonds. The monoisotopic (exact) mass is 391 g/mol. The topological polar surface area (TPSA) is 65.4 Å². The van der Waals surface area contributed by atoms with E-state index in [0.29, 0.717) is 24.3 Å². The Bertz CT molecular complexity index is 901. The van der Waals surface area contributed by atoms with Crippen LogP contribution >= 0.6 is 11.6 Å². The molecule has 0 aliphatic carbocycles. The number of halogens is 3. The highest BCUT2D eigenvalue weighted by molar-refractivity contribution is 6.30. The largest absolute Gasteiger partial charge is 0.370 e. The van der Waals surface area contributed by atoms with Crippen molar-refractivity contribution in [3.05, 3.63) is 69.7 Å². The summed E-state index contributed by atoms with van der Waals surface area (Å²) < 4.78 is 32.8. The summed E-state index contributed by atoms with van der Waals surface area (Å²) in [6.45, 7) is 0.905. The van der Waals surface area contributed by atoms with Crippen LogP contribution in [-0.4, -0.2) is 30.6 Å². The van der Waals surface area contributed by atoms with Gasteiger partial charge in [0, 0.05) is 18.7 Å². The van der Waals surface area contributed by atoms with E-state index in [1.165, 1.54) is 35.2 Å². The van der Waals surface area contributed by atoms with Crippen LogP contribution in [0.5, 0.6) is 0 Å². The summed E-state index contributed by atoms with van der Waals surface area (Å²) >= 11 is 5.81. The first kappa shape index (κ1) is 19.1. The van der Waals surface area contributed by atoms with Crippen LogP contribution in [0.25, 0.3) is 0 Å². The normalized spacial score (nSPS) is 16.7. The number of hydrogen-bond donors (Lipinski definition) is 1. The fourth-order valence-corrected chi connectivity index (χ4v) is 3.00. The average molecular weight is 392 g/mol. The predicted octanol–water partition coefficient (Wildman–Crippen LogP) is 3.77. The zero-order valence-corrected chi connectivity index (χ0v) is 15.0. The summed E-state index contributed by atoms with van der Waals surface area (Å²) in [4.78, 5) is 14.0. The van der Waals surface area contributed by atoms with Gasteiger partial charge in [-0.3, -0.25) is 0 Å². The first-order chi connectivity index (χ1) is 13.0. The summed E-state index contributed by atoms with van der Waals surface area (Å²) in [6, 6.07) is 9.83. The van der Waals surface area contributed by atoms with E-state index in [4.69, 9.17) is 21.6 Å². The van der Waals surface area contributed by atoms with Gasteiger partial charge in [0.25, 0.3) is 0 Å². The molecule has 2 aromatic carbocycles. The molecule has 0 unspecified atom stereocenters. The minimum Gasteiger partial charge on any atom is -0.370 e. The first-order valence-electron chi connectivity index (χ1n) is 8.26. The quantitative estimate of drug-likeness (QED) is 0.866. The molecular formula is C19H16ClF2N3O2. The summed E-state index contributed by atoms with van der Waals surface area (Å²) in [5, 5.41) is 11.5.